The van der Waals surface area contributed by atoms with Gasteiger partial charge in [-0.15, -0.1) is 0 Å². The fourth-order valence-electron chi connectivity index (χ4n) is 1.70. The Morgan fingerprint density at radius 1 is 1.38 bits per heavy atom. The molecule has 0 saturated carbocycles. The van der Waals surface area contributed by atoms with Gasteiger partial charge in [0, 0.05) is 11.8 Å². The molecular formula is C10H20N2O3S. The predicted octanol–water partition coefficient (Wildman–Crippen LogP) is -0.322. The standard InChI is InChI=1S/C10H20N2O3S/c1-8(16(3,14)15)9(13)12-10(2)4-6-11-7-5-10/h8,11H,4-7H2,1-3H3,(H,12,13). The van der Waals surface area contributed by atoms with Crippen LogP contribution in [-0.2, 0) is 14.6 Å². The molecule has 1 amide bonds. The first-order chi connectivity index (χ1) is 7.25. The van der Waals surface area contributed by atoms with Crippen LogP contribution in [0.1, 0.15) is 26.7 Å². The monoisotopic (exact) mass is 248 g/mol. The summed E-state index contributed by atoms with van der Waals surface area (Å²) in [5.74, 6) is -0.396. The summed E-state index contributed by atoms with van der Waals surface area (Å²) in [5.41, 5.74) is -0.277. The van der Waals surface area contributed by atoms with Crippen LogP contribution < -0.4 is 10.6 Å². The first-order valence-corrected chi connectivity index (χ1v) is 7.42. The van der Waals surface area contributed by atoms with Crippen molar-refractivity contribution in [2.75, 3.05) is 19.3 Å². The summed E-state index contributed by atoms with van der Waals surface area (Å²) in [6.45, 7) is 5.09. The zero-order valence-electron chi connectivity index (χ0n) is 10.0. The largest absolute Gasteiger partial charge is 0.350 e. The Kier molecular flexibility index (Phi) is 3.96. The van der Waals surface area contributed by atoms with Gasteiger partial charge < -0.3 is 10.6 Å². The third-order valence-electron chi connectivity index (χ3n) is 3.14. The molecule has 0 aromatic heterocycles. The lowest BCUT2D eigenvalue weighted by atomic mass is 9.90. The van der Waals surface area contributed by atoms with E-state index in [1.807, 2.05) is 6.92 Å². The molecule has 6 heteroatoms. The summed E-state index contributed by atoms with van der Waals surface area (Å²) in [6.07, 6.45) is 2.74. The van der Waals surface area contributed by atoms with Gasteiger partial charge >= 0.3 is 0 Å². The van der Waals surface area contributed by atoms with E-state index in [-0.39, 0.29) is 5.54 Å². The Hall–Kier alpha value is -0.620. The van der Waals surface area contributed by atoms with Crippen molar-refractivity contribution in [3.8, 4) is 0 Å². The van der Waals surface area contributed by atoms with E-state index in [0.29, 0.717) is 0 Å². The maximum atomic E-state index is 11.8. The molecule has 5 nitrogen and oxygen atoms in total. The smallest absolute Gasteiger partial charge is 0.238 e. The van der Waals surface area contributed by atoms with Crippen molar-refractivity contribution in [2.24, 2.45) is 0 Å². The van der Waals surface area contributed by atoms with E-state index >= 15 is 0 Å². The van der Waals surface area contributed by atoms with Crippen molar-refractivity contribution in [3.63, 3.8) is 0 Å². The lowest BCUT2D eigenvalue weighted by Crippen LogP contribution is -2.55. The number of hydrogen-bond acceptors (Lipinski definition) is 4. The molecule has 1 unspecified atom stereocenters. The molecule has 94 valence electrons. The highest BCUT2D eigenvalue weighted by Gasteiger charge is 2.32. The van der Waals surface area contributed by atoms with E-state index in [4.69, 9.17) is 0 Å². The van der Waals surface area contributed by atoms with E-state index < -0.39 is 21.0 Å². The number of carbonyl (C=O) groups is 1. The summed E-state index contributed by atoms with van der Waals surface area (Å²) in [4.78, 5) is 11.8. The van der Waals surface area contributed by atoms with Crippen LogP contribution in [-0.4, -0.2) is 44.5 Å². The van der Waals surface area contributed by atoms with E-state index in [0.717, 1.165) is 32.2 Å². The maximum absolute atomic E-state index is 11.8. The lowest BCUT2D eigenvalue weighted by molar-refractivity contribution is -0.122. The van der Waals surface area contributed by atoms with Gasteiger partial charge in [-0.2, -0.15) is 0 Å². The Morgan fingerprint density at radius 2 is 1.88 bits per heavy atom. The minimum Gasteiger partial charge on any atom is -0.350 e. The van der Waals surface area contributed by atoms with Crippen molar-refractivity contribution in [1.82, 2.24) is 10.6 Å². The molecule has 0 bridgehead atoms. The Bertz CT molecular complexity index is 358. The van der Waals surface area contributed by atoms with Crippen LogP contribution in [0.15, 0.2) is 0 Å². The zero-order chi connectivity index (χ0) is 12.4. The van der Waals surface area contributed by atoms with E-state index in [2.05, 4.69) is 10.6 Å². The van der Waals surface area contributed by atoms with Gasteiger partial charge in [0.2, 0.25) is 5.91 Å². The molecule has 0 aromatic carbocycles. The SMILES string of the molecule is CC(C(=O)NC1(C)CCNCC1)S(C)(=O)=O. The van der Waals surface area contributed by atoms with Crippen molar-refractivity contribution in [2.45, 2.75) is 37.5 Å². The summed E-state index contributed by atoms with van der Waals surface area (Å²) >= 11 is 0. The van der Waals surface area contributed by atoms with Crippen LogP contribution in [0.5, 0.6) is 0 Å². The summed E-state index contributed by atoms with van der Waals surface area (Å²) < 4.78 is 22.5. The minimum absolute atomic E-state index is 0.277. The molecule has 2 N–H and O–H groups in total. The van der Waals surface area contributed by atoms with Crippen LogP contribution in [0.3, 0.4) is 0 Å². The highest BCUT2D eigenvalue weighted by Crippen LogP contribution is 2.17. The average molecular weight is 248 g/mol. The minimum atomic E-state index is -3.31. The molecule has 1 atom stereocenters. The first-order valence-electron chi connectivity index (χ1n) is 5.46. The summed E-state index contributed by atoms with van der Waals surface area (Å²) in [5, 5.41) is 5.07. The molecule has 1 aliphatic rings. The lowest BCUT2D eigenvalue weighted by Gasteiger charge is -2.35. The molecule has 1 aliphatic heterocycles. The number of amides is 1. The number of nitrogens with one attached hydrogen (secondary N) is 2. The van der Waals surface area contributed by atoms with E-state index in [1.165, 1.54) is 6.92 Å². The molecule has 1 fully saturated rings. The summed E-state index contributed by atoms with van der Waals surface area (Å²) in [7, 11) is -3.31. The molecule has 0 spiro atoms. The third-order valence-corrected chi connectivity index (χ3v) is 4.64. The van der Waals surface area contributed by atoms with Crippen molar-refractivity contribution >= 4 is 15.7 Å². The molecule has 0 aliphatic carbocycles. The van der Waals surface area contributed by atoms with Crippen LogP contribution in [0.25, 0.3) is 0 Å². The van der Waals surface area contributed by atoms with Crippen molar-refractivity contribution in [3.05, 3.63) is 0 Å². The second kappa shape index (κ2) is 4.71. The second-order valence-corrected chi connectivity index (χ2v) is 7.14. The zero-order valence-corrected chi connectivity index (χ0v) is 10.9. The molecular weight excluding hydrogens is 228 g/mol. The normalized spacial score (nSPS) is 22.4. The van der Waals surface area contributed by atoms with Gasteiger partial charge in [0.25, 0.3) is 0 Å². The Morgan fingerprint density at radius 3 is 2.31 bits per heavy atom. The Balaban J connectivity index is 2.63. The van der Waals surface area contributed by atoms with Gasteiger partial charge in [-0.25, -0.2) is 8.42 Å². The van der Waals surface area contributed by atoms with Gasteiger partial charge in [0.05, 0.1) is 0 Å². The van der Waals surface area contributed by atoms with Gasteiger partial charge in [0.15, 0.2) is 9.84 Å². The van der Waals surface area contributed by atoms with Gasteiger partial charge in [-0.05, 0) is 39.8 Å². The van der Waals surface area contributed by atoms with Crippen LogP contribution in [0.2, 0.25) is 0 Å². The third kappa shape index (κ3) is 3.45. The van der Waals surface area contributed by atoms with Gasteiger partial charge in [0.1, 0.15) is 5.25 Å². The highest BCUT2D eigenvalue weighted by molar-refractivity contribution is 7.92. The molecule has 16 heavy (non-hydrogen) atoms. The fraction of sp³-hybridized carbons (Fsp3) is 0.900. The van der Waals surface area contributed by atoms with Gasteiger partial charge in [-0.1, -0.05) is 0 Å². The number of rotatable bonds is 3. The fourth-order valence-corrected chi connectivity index (χ4v) is 2.14. The first kappa shape index (κ1) is 13.4. The number of carbonyl (C=O) groups excluding carboxylic acids is 1. The highest BCUT2D eigenvalue weighted by atomic mass is 32.2. The van der Waals surface area contributed by atoms with Crippen LogP contribution >= 0.6 is 0 Å². The number of sulfone groups is 1. The average Bonchev–Trinajstić information content (AvgIpc) is 2.15. The molecule has 1 rings (SSSR count). The molecule has 1 saturated heterocycles. The molecule has 0 radical (unpaired) electrons. The van der Waals surface area contributed by atoms with Crippen LogP contribution in [0, 0.1) is 0 Å². The second-order valence-electron chi connectivity index (χ2n) is 4.77. The quantitative estimate of drug-likeness (QED) is 0.717. The van der Waals surface area contributed by atoms with E-state index in [1.54, 1.807) is 0 Å². The maximum Gasteiger partial charge on any atom is 0.238 e. The predicted molar refractivity (Wildman–Crippen MR) is 63.0 cm³/mol. The van der Waals surface area contributed by atoms with E-state index in [9.17, 15) is 13.2 Å². The summed E-state index contributed by atoms with van der Waals surface area (Å²) in [6, 6.07) is 0. The van der Waals surface area contributed by atoms with Crippen LogP contribution in [0.4, 0.5) is 0 Å². The number of piperidine rings is 1. The topological polar surface area (TPSA) is 75.3 Å². The number of hydrogen-bond donors (Lipinski definition) is 2. The molecule has 0 aromatic rings. The van der Waals surface area contributed by atoms with Crippen molar-refractivity contribution in [1.29, 1.82) is 0 Å². The Labute approximate surface area is 96.9 Å². The van der Waals surface area contributed by atoms with Crippen molar-refractivity contribution < 1.29 is 13.2 Å². The molecule has 1 heterocycles. The van der Waals surface area contributed by atoms with Gasteiger partial charge in [-0.3, -0.25) is 4.79 Å².